The molecule has 5 aromatic carbocycles. The molecule has 3 heteroatoms. The molecule has 0 unspecified atom stereocenters. The Morgan fingerprint density at radius 1 is 0.667 bits per heavy atom. The maximum atomic E-state index is 6.27. The summed E-state index contributed by atoms with van der Waals surface area (Å²) in [7, 11) is 0. The van der Waals surface area contributed by atoms with E-state index in [1.807, 2.05) is 18.2 Å². The second-order valence-electron chi connectivity index (χ2n) is 8.47. The van der Waals surface area contributed by atoms with Gasteiger partial charge in [-0.2, -0.15) is 0 Å². The fourth-order valence-corrected chi connectivity index (χ4v) is 5.05. The number of rotatable bonds is 2. The number of imidazole rings is 1. The van der Waals surface area contributed by atoms with Gasteiger partial charge in [-0.15, -0.1) is 0 Å². The first kappa shape index (κ1) is 18.2. The van der Waals surface area contributed by atoms with Gasteiger partial charge in [0.25, 0.3) is 0 Å². The molecular weight excluding hydrogens is 404 g/mol. The molecule has 7 aromatic rings. The number of aromatic nitrogens is 2. The van der Waals surface area contributed by atoms with Crippen LogP contribution in [0.1, 0.15) is 5.82 Å². The topological polar surface area (TPSA) is 31.0 Å². The van der Waals surface area contributed by atoms with E-state index in [1.165, 1.54) is 16.5 Å². The Balaban J connectivity index is 1.45. The Hall–Kier alpha value is -4.37. The van der Waals surface area contributed by atoms with Crippen molar-refractivity contribution in [3.63, 3.8) is 0 Å². The number of fused-ring (bicyclic) bond motifs is 6. The second-order valence-corrected chi connectivity index (χ2v) is 8.47. The van der Waals surface area contributed by atoms with Gasteiger partial charge in [0.2, 0.25) is 0 Å². The van der Waals surface area contributed by atoms with Gasteiger partial charge in [0.15, 0.2) is 0 Å². The molecule has 2 heterocycles. The van der Waals surface area contributed by atoms with Crippen LogP contribution in [0.5, 0.6) is 0 Å². The summed E-state index contributed by atoms with van der Waals surface area (Å²) < 4.78 is 8.48. The molecule has 0 amide bonds. The summed E-state index contributed by atoms with van der Waals surface area (Å²) >= 11 is 0. The van der Waals surface area contributed by atoms with Crippen molar-refractivity contribution in [3.05, 3.63) is 109 Å². The Labute approximate surface area is 190 Å². The van der Waals surface area contributed by atoms with E-state index in [9.17, 15) is 0 Å². The second kappa shape index (κ2) is 6.81. The van der Waals surface area contributed by atoms with Gasteiger partial charge in [0.05, 0.1) is 11.0 Å². The van der Waals surface area contributed by atoms with Crippen molar-refractivity contribution >= 4 is 43.7 Å². The van der Waals surface area contributed by atoms with Gasteiger partial charge in [-0.05, 0) is 59.8 Å². The van der Waals surface area contributed by atoms with Crippen molar-refractivity contribution in [1.29, 1.82) is 0 Å². The molecule has 33 heavy (non-hydrogen) atoms. The SMILES string of the molecule is Cc1nc2ccccc2n1-c1ccc(-c2cc3c4ccccc4oc3c3ccccc23)cc1. The van der Waals surface area contributed by atoms with E-state index in [1.54, 1.807) is 0 Å². The third-order valence-electron chi connectivity index (χ3n) is 6.55. The number of aryl methyl sites for hydroxylation is 1. The summed E-state index contributed by atoms with van der Waals surface area (Å²) in [6.45, 7) is 2.05. The van der Waals surface area contributed by atoms with Gasteiger partial charge < -0.3 is 4.42 Å². The van der Waals surface area contributed by atoms with Crippen LogP contribution in [0, 0.1) is 6.92 Å². The van der Waals surface area contributed by atoms with Gasteiger partial charge in [0, 0.05) is 21.8 Å². The van der Waals surface area contributed by atoms with Crippen LogP contribution in [0.25, 0.3) is 60.6 Å². The summed E-state index contributed by atoms with van der Waals surface area (Å²) in [5, 5.41) is 4.64. The number of furan rings is 1. The molecule has 0 atom stereocenters. The highest BCUT2D eigenvalue weighted by Gasteiger charge is 2.15. The van der Waals surface area contributed by atoms with Crippen LogP contribution in [-0.2, 0) is 0 Å². The summed E-state index contributed by atoms with van der Waals surface area (Å²) in [5.74, 6) is 0.987. The monoisotopic (exact) mass is 424 g/mol. The number of benzene rings is 5. The lowest BCUT2D eigenvalue weighted by Gasteiger charge is -2.11. The molecule has 0 fully saturated rings. The van der Waals surface area contributed by atoms with Gasteiger partial charge in [-0.3, -0.25) is 4.57 Å². The van der Waals surface area contributed by atoms with Crippen LogP contribution in [-0.4, -0.2) is 9.55 Å². The lowest BCUT2D eigenvalue weighted by Crippen LogP contribution is -1.96. The third-order valence-corrected chi connectivity index (χ3v) is 6.55. The van der Waals surface area contributed by atoms with Crippen molar-refractivity contribution in [2.24, 2.45) is 0 Å². The zero-order valence-electron chi connectivity index (χ0n) is 18.1. The maximum absolute atomic E-state index is 6.27. The van der Waals surface area contributed by atoms with Crippen molar-refractivity contribution in [2.45, 2.75) is 6.92 Å². The molecule has 156 valence electrons. The third kappa shape index (κ3) is 2.66. The zero-order valence-corrected chi connectivity index (χ0v) is 18.1. The van der Waals surface area contributed by atoms with Crippen molar-refractivity contribution in [1.82, 2.24) is 9.55 Å². The standard InChI is InChI=1S/C30H20N2O/c1-19-31-27-11-5-6-12-28(27)32(19)21-16-14-20(15-17-21)25-18-26-23-9-4-7-13-29(23)33-30(26)24-10-3-2-8-22(24)25/h2-18H,1H3. The minimum Gasteiger partial charge on any atom is -0.455 e. The van der Waals surface area contributed by atoms with Crippen LogP contribution in [0.2, 0.25) is 0 Å². The first-order chi connectivity index (χ1) is 16.3. The van der Waals surface area contributed by atoms with Crippen LogP contribution < -0.4 is 0 Å². The highest BCUT2D eigenvalue weighted by molar-refractivity contribution is 6.19. The maximum Gasteiger partial charge on any atom is 0.143 e. The van der Waals surface area contributed by atoms with E-state index in [0.29, 0.717) is 0 Å². The van der Waals surface area contributed by atoms with Gasteiger partial charge in [-0.1, -0.05) is 66.7 Å². The quantitative estimate of drug-likeness (QED) is 0.281. The van der Waals surface area contributed by atoms with Gasteiger partial charge in [-0.25, -0.2) is 4.98 Å². The predicted molar refractivity (Wildman–Crippen MR) is 136 cm³/mol. The van der Waals surface area contributed by atoms with Crippen LogP contribution in [0.3, 0.4) is 0 Å². The van der Waals surface area contributed by atoms with E-state index in [2.05, 4.69) is 96.4 Å². The summed E-state index contributed by atoms with van der Waals surface area (Å²) in [6, 6.07) is 36.1. The molecule has 0 N–H and O–H groups in total. The van der Waals surface area contributed by atoms with E-state index in [0.717, 1.165) is 49.9 Å². The summed E-state index contributed by atoms with van der Waals surface area (Å²) in [5.41, 5.74) is 7.53. The van der Waals surface area contributed by atoms with E-state index in [-0.39, 0.29) is 0 Å². The molecule has 0 saturated heterocycles. The fraction of sp³-hybridized carbons (Fsp3) is 0.0333. The number of hydrogen-bond acceptors (Lipinski definition) is 2. The molecule has 0 aliphatic carbocycles. The molecule has 3 nitrogen and oxygen atoms in total. The Bertz CT molecular complexity index is 1820. The Morgan fingerprint density at radius 2 is 1.36 bits per heavy atom. The van der Waals surface area contributed by atoms with Crippen LogP contribution in [0.4, 0.5) is 0 Å². The molecule has 2 aromatic heterocycles. The van der Waals surface area contributed by atoms with Crippen LogP contribution >= 0.6 is 0 Å². The number of nitrogens with zero attached hydrogens (tertiary/aromatic N) is 2. The highest BCUT2D eigenvalue weighted by Crippen LogP contribution is 2.39. The molecule has 0 bridgehead atoms. The molecule has 0 aliphatic heterocycles. The minimum atomic E-state index is 0.924. The predicted octanol–water partition coefficient (Wildman–Crippen LogP) is 8.05. The first-order valence-electron chi connectivity index (χ1n) is 11.2. The fourth-order valence-electron chi connectivity index (χ4n) is 5.05. The summed E-state index contributed by atoms with van der Waals surface area (Å²) in [6.07, 6.45) is 0. The molecule has 0 radical (unpaired) electrons. The average Bonchev–Trinajstić information content (AvgIpc) is 3.41. The molecule has 0 spiro atoms. The molecule has 7 rings (SSSR count). The van der Waals surface area contributed by atoms with Gasteiger partial charge in [0.1, 0.15) is 17.0 Å². The van der Waals surface area contributed by atoms with Crippen molar-refractivity contribution in [2.75, 3.05) is 0 Å². The minimum absolute atomic E-state index is 0.924. The lowest BCUT2D eigenvalue weighted by atomic mass is 9.95. The summed E-state index contributed by atoms with van der Waals surface area (Å²) in [4.78, 5) is 4.72. The number of hydrogen-bond donors (Lipinski definition) is 0. The molecule has 0 saturated carbocycles. The smallest absolute Gasteiger partial charge is 0.143 e. The average molecular weight is 425 g/mol. The molecular formula is C30H20N2O. The van der Waals surface area contributed by atoms with E-state index >= 15 is 0 Å². The zero-order chi connectivity index (χ0) is 21.9. The normalized spacial score (nSPS) is 11.8. The molecule has 0 aliphatic rings. The lowest BCUT2D eigenvalue weighted by molar-refractivity contribution is 0.672. The Morgan fingerprint density at radius 3 is 2.21 bits per heavy atom. The van der Waals surface area contributed by atoms with Crippen LogP contribution in [0.15, 0.2) is 108 Å². The highest BCUT2D eigenvalue weighted by atomic mass is 16.3. The van der Waals surface area contributed by atoms with Crippen molar-refractivity contribution < 1.29 is 4.42 Å². The number of para-hydroxylation sites is 3. The van der Waals surface area contributed by atoms with E-state index in [4.69, 9.17) is 9.40 Å². The van der Waals surface area contributed by atoms with Gasteiger partial charge >= 0.3 is 0 Å². The Kier molecular flexibility index (Phi) is 3.76. The largest absolute Gasteiger partial charge is 0.455 e. The van der Waals surface area contributed by atoms with E-state index < -0.39 is 0 Å². The van der Waals surface area contributed by atoms with Crippen molar-refractivity contribution in [3.8, 4) is 16.8 Å². The first-order valence-corrected chi connectivity index (χ1v) is 11.2.